The molecule has 0 saturated heterocycles. The summed E-state index contributed by atoms with van der Waals surface area (Å²) in [7, 11) is 0. The third-order valence-corrected chi connectivity index (χ3v) is 3.68. The fourth-order valence-electron chi connectivity index (χ4n) is 2.27. The average Bonchev–Trinajstić information content (AvgIpc) is 2.22. The van der Waals surface area contributed by atoms with Gasteiger partial charge in [-0.1, -0.05) is 13.8 Å². The van der Waals surface area contributed by atoms with Gasteiger partial charge < -0.3 is 16.2 Å². The zero-order chi connectivity index (χ0) is 13.0. The Hall–Kier alpha value is -1.10. The van der Waals surface area contributed by atoms with Crippen molar-refractivity contribution in [2.24, 2.45) is 17.6 Å². The van der Waals surface area contributed by atoms with Crippen LogP contribution in [-0.4, -0.2) is 29.1 Å². The summed E-state index contributed by atoms with van der Waals surface area (Å²) in [5.74, 6) is -0.113. The van der Waals surface area contributed by atoms with E-state index in [0.29, 0.717) is 11.8 Å². The van der Waals surface area contributed by atoms with Gasteiger partial charge in [0, 0.05) is 6.04 Å². The highest BCUT2D eigenvalue weighted by molar-refractivity contribution is 5.86. The van der Waals surface area contributed by atoms with Crippen LogP contribution >= 0.6 is 0 Å². The number of nitrogens with one attached hydrogen (secondary N) is 1. The van der Waals surface area contributed by atoms with E-state index in [4.69, 9.17) is 10.8 Å². The molecule has 4 atom stereocenters. The maximum atomic E-state index is 11.6. The molecular weight excluding hydrogens is 220 g/mol. The van der Waals surface area contributed by atoms with Gasteiger partial charge in [0.1, 0.15) is 0 Å². The lowest BCUT2D eigenvalue weighted by atomic mass is 9.79. The lowest BCUT2D eigenvalue weighted by molar-refractivity contribution is -0.139. The van der Waals surface area contributed by atoms with E-state index in [1.54, 1.807) is 0 Å². The topological polar surface area (TPSA) is 92.4 Å². The number of hydrogen-bond donors (Lipinski definition) is 3. The monoisotopic (exact) mass is 242 g/mol. The SMILES string of the molecule is CC1CCC(NC(=O)C(N)CC(=O)O)CC1C. The van der Waals surface area contributed by atoms with E-state index >= 15 is 0 Å². The highest BCUT2D eigenvalue weighted by Crippen LogP contribution is 2.29. The summed E-state index contributed by atoms with van der Waals surface area (Å²) in [5.41, 5.74) is 5.50. The Balaban J connectivity index is 2.38. The van der Waals surface area contributed by atoms with Crippen LogP contribution in [0.1, 0.15) is 39.5 Å². The standard InChI is InChI=1S/C12H22N2O3/c1-7-3-4-9(5-8(7)2)14-12(17)10(13)6-11(15)16/h7-10H,3-6,13H2,1-2H3,(H,14,17)(H,15,16). The quantitative estimate of drug-likeness (QED) is 0.677. The normalized spacial score (nSPS) is 30.6. The second kappa shape index (κ2) is 6.00. The Labute approximate surface area is 102 Å². The van der Waals surface area contributed by atoms with Crippen LogP contribution in [0, 0.1) is 11.8 Å². The van der Waals surface area contributed by atoms with Crippen LogP contribution in [0.3, 0.4) is 0 Å². The van der Waals surface area contributed by atoms with Crippen LogP contribution in [0.5, 0.6) is 0 Å². The third kappa shape index (κ3) is 4.34. The smallest absolute Gasteiger partial charge is 0.305 e. The number of nitrogens with two attached hydrogens (primary N) is 1. The van der Waals surface area contributed by atoms with Gasteiger partial charge in [0.25, 0.3) is 0 Å². The molecule has 4 N–H and O–H groups in total. The molecule has 17 heavy (non-hydrogen) atoms. The lowest BCUT2D eigenvalue weighted by Gasteiger charge is -2.32. The molecule has 0 radical (unpaired) electrons. The largest absolute Gasteiger partial charge is 0.481 e. The molecular formula is C12H22N2O3. The molecule has 4 unspecified atom stereocenters. The predicted octanol–water partition coefficient (Wildman–Crippen LogP) is 0.729. The van der Waals surface area contributed by atoms with Crippen molar-refractivity contribution < 1.29 is 14.7 Å². The number of carboxylic acid groups (broad SMARTS) is 1. The van der Waals surface area contributed by atoms with Crippen molar-refractivity contribution in [3.63, 3.8) is 0 Å². The second-order valence-corrected chi connectivity index (χ2v) is 5.18. The molecule has 0 aliphatic heterocycles. The summed E-state index contributed by atoms with van der Waals surface area (Å²) in [4.78, 5) is 22.1. The van der Waals surface area contributed by atoms with Crippen molar-refractivity contribution in [1.29, 1.82) is 0 Å². The summed E-state index contributed by atoms with van der Waals surface area (Å²) < 4.78 is 0. The van der Waals surface area contributed by atoms with E-state index in [1.807, 2.05) is 0 Å². The molecule has 1 rings (SSSR count). The Morgan fingerprint density at radius 3 is 2.53 bits per heavy atom. The minimum absolute atomic E-state index is 0.147. The number of carbonyl (C=O) groups is 2. The summed E-state index contributed by atoms with van der Waals surface area (Å²) in [6.07, 6.45) is 2.69. The third-order valence-electron chi connectivity index (χ3n) is 3.68. The number of carbonyl (C=O) groups excluding carboxylic acids is 1. The van der Waals surface area contributed by atoms with Gasteiger partial charge in [0.05, 0.1) is 12.5 Å². The zero-order valence-corrected chi connectivity index (χ0v) is 10.5. The van der Waals surface area contributed by atoms with Crippen molar-refractivity contribution in [2.45, 2.75) is 51.6 Å². The van der Waals surface area contributed by atoms with E-state index in [0.717, 1.165) is 19.3 Å². The second-order valence-electron chi connectivity index (χ2n) is 5.18. The number of rotatable bonds is 4. The van der Waals surface area contributed by atoms with Crippen molar-refractivity contribution in [1.82, 2.24) is 5.32 Å². The molecule has 1 saturated carbocycles. The van der Waals surface area contributed by atoms with Crippen molar-refractivity contribution in [3.8, 4) is 0 Å². The molecule has 0 aromatic carbocycles. The maximum Gasteiger partial charge on any atom is 0.305 e. The summed E-state index contributed by atoms with van der Waals surface area (Å²) in [6, 6.07) is -0.796. The summed E-state index contributed by atoms with van der Waals surface area (Å²) in [5, 5.41) is 11.4. The van der Waals surface area contributed by atoms with Crippen LogP contribution in [0.15, 0.2) is 0 Å². The molecule has 98 valence electrons. The molecule has 5 heteroatoms. The molecule has 1 aliphatic rings. The highest BCUT2D eigenvalue weighted by Gasteiger charge is 2.27. The summed E-state index contributed by atoms with van der Waals surface area (Å²) in [6.45, 7) is 4.40. The first kappa shape index (κ1) is 14.0. The van der Waals surface area contributed by atoms with Gasteiger partial charge in [-0.3, -0.25) is 9.59 Å². The van der Waals surface area contributed by atoms with Crippen LogP contribution in [0.2, 0.25) is 0 Å². The molecule has 0 aromatic heterocycles. The molecule has 0 aromatic rings. The maximum absolute atomic E-state index is 11.6. The van der Waals surface area contributed by atoms with Crippen LogP contribution in [0.25, 0.3) is 0 Å². The van der Waals surface area contributed by atoms with E-state index in [9.17, 15) is 9.59 Å². The number of amides is 1. The Kier molecular flexibility index (Phi) is 4.93. The van der Waals surface area contributed by atoms with Crippen molar-refractivity contribution >= 4 is 11.9 Å². The van der Waals surface area contributed by atoms with E-state index in [2.05, 4.69) is 19.2 Å². The molecule has 0 spiro atoms. The van der Waals surface area contributed by atoms with Gasteiger partial charge in [0.15, 0.2) is 0 Å². The fraction of sp³-hybridized carbons (Fsp3) is 0.833. The molecule has 0 heterocycles. The van der Waals surface area contributed by atoms with Crippen molar-refractivity contribution in [3.05, 3.63) is 0 Å². The fourth-order valence-corrected chi connectivity index (χ4v) is 2.27. The molecule has 0 bridgehead atoms. The first-order chi connectivity index (χ1) is 7.90. The van der Waals surface area contributed by atoms with Gasteiger partial charge in [-0.05, 0) is 31.1 Å². The minimum atomic E-state index is -1.04. The number of carboxylic acids is 1. The average molecular weight is 242 g/mol. The van der Waals surface area contributed by atoms with Gasteiger partial charge in [-0.2, -0.15) is 0 Å². The van der Waals surface area contributed by atoms with Gasteiger partial charge in [0.2, 0.25) is 5.91 Å². The van der Waals surface area contributed by atoms with Gasteiger partial charge in [-0.25, -0.2) is 0 Å². The predicted molar refractivity (Wildman–Crippen MR) is 64.3 cm³/mol. The Bertz CT molecular complexity index is 293. The van der Waals surface area contributed by atoms with E-state index < -0.39 is 12.0 Å². The molecule has 5 nitrogen and oxygen atoms in total. The minimum Gasteiger partial charge on any atom is -0.481 e. The zero-order valence-electron chi connectivity index (χ0n) is 10.5. The van der Waals surface area contributed by atoms with E-state index in [1.165, 1.54) is 0 Å². The van der Waals surface area contributed by atoms with Crippen molar-refractivity contribution in [2.75, 3.05) is 0 Å². The van der Waals surface area contributed by atoms with Crippen LogP contribution in [0.4, 0.5) is 0 Å². The number of aliphatic carboxylic acids is 1. The first-order valence-electron chi connectivity index (χ1n) is 6.18. The van der Waals surface area contributed by atoms with Crippen LogP contribution < -0.4 is 11.1 Å². The molecule has 1 amide bonds. The lowest BCUT2D eigenvalue weighted by Crippen LogP contribution is -2.48. The first-order valence-corrected chi connectivity index (χ1v) is 6.18. The Morgan fingerprint density at radius 2 is 2.00 bits per heavy atom. The van der Waals surface area contributed by atoms with Gasteiger partial charge >= 0.3 is 5.97 Å². The molecule has 1 fully saturated rings. The highest BCUT2D eigenvalue weighted by atomic mass is 16.4. The van der Waals surface area contributed by atoms with E-state index in [-0.39, 0.29) is 18.4 Å². The van der Waals surface area contributed by atoms with Gasteiger partial charge in [-0.15, -0.1) is 0 Å². The van der Waals surface area contributed by atoms with Crippen LogP contribution in [-0.2, 0) is 9.59 Å². The Morgan fingerprint density at radius 1 is 1.35 bits per heavy atom. The summed E-state index contributed by atoms with van der Waals surface area (Å²) >= 11 is 0. The molecule has 1 aliphatic carbocycles. The number of hydrogen-bond acceptors (Lipinski definition) is 3.